The van der Waals surface area contributed by atoms with E-state index in [1.165, 1.54) is 0 Å². The molecule has 0 heterocycles. The fourth-order valence-electron chi connectivity index (χ4n) is 0.596. The molecule has 0 aromatic rings. The summed E-state index contributed by atoms with van der Waals surface area (Å²) in [6, 6.07) is 0. The Hall–Kier alpha value is 0.600. The Morgan fingerprint density at radius 3 is 2.00 bits per heavy atom. The quantitative estimate of drug-likeness (QED) is 0.398. The van der Waals surface area contributed by atoms with E-state index < -0.39 is 7.37 Å². The van der Waals surface area contributed by atoms with E-state index in [1.807, 2.05) is 52.1 Å². The van der Waals surface area contributed by atoms with E-state index >= 15 is 0 Å². The average molecular weight is 384 g/mol. The lowest BCUT2D eigenvalue weighted by atomic mass is 10.2. The second-order valence-corrected chi connectivity index (χ2v) is 7.87. The van der Waals surface area contributed by atoms with Crippen molar-refractivity contribution in [2.45, 2.75) is 21.2 Å². The molecule has 0 aromatic heterocycles. The molecule has 3 N–H and O–H groups in total. The van der Waals surface area contributed by atoms with Crippen molar-refractivity contribution < 1.29 is 15.3 Å². The van der Waals surface area contributed by atoms with Gasteiger partial charge >= 0.3 is 5.95 Å². The standard InChI is InChI=1S/C6H10I2O3/c1-2-3-6(7,8)4(9)5(10)11/h9-11H,2-3H2,1H3. The van der Waals surface area contributed by atoms with Crippen molar-refractivity contribution in [3.63, 3.8) is 0 Å². The van der Waals surface area contributed by atoms with Crippen LogP contribution in [0.4, 0.5) is 0 Å². The number of hydrogen-bond donors (Lipinski definition) is 3. The van der Waals surface area contributed by atoms with Crippen LogP contribution in [0.25, 0.3) is 0 Å². The van der Waals surface area contributed by atoms with Crippen molar-refractivity contribution in [2.24, 2.45) is 0 Å². The summed E-state index contributed by atoms with van der Waals surface area (Å²) in [6.07, 6.45) is 1.58. The first-order chi connectivity index (χ1) is 4.91. The van der Waals surface area contributed by atoms with Crippen LogP contribution in [0.1, 0.15) is 19.8 Å². The number of allylic oxidation sites excluding steroid dienone is 1. The van der Waals surface area contributed by atoms with Crippen molar-refractivity contribution in [1.29, 1.82) is 0 Å². The van der Waals surface area contributed by atoms with E-state index in [-0.39, 0.29) is 5.76 Å². The first-order valence-corrected chi connectivity index (χ1v) is 5.27. The number of halogens is 2. The maximum atomic E-state index is 9.15. The second kappa shape index (κ2) is 4.58. The number of hydrogen-bond acceptors (Lipinski definition) is 3. The van der Waals surface area contributed by atoms with Gasteiger partial charge in [-0.05, 0) is 6.42 Å². The van der Waals surface area contributed by atoms with Crippen LogP contribution < -0.4 is 0 Å². The Morgan fingerprint density at radius 2 is 1.73 bits per heavy atom. The Bertz CT molecular complexity index is 161. The fraction of sp³-hybridized carbons (Fsp3) is 0.667. The summed E-state index contributed by atoms with van der Waals surface area (Å²) < 4.78 is -0.594. The summed E-state index contributed by atoms with van der Waals surface area (Å²) in [5.41, 5.74) is 0. The van der Waals surface area contributed by atoms with Gasteiger partial charge in [0.15, 0.2) is 5.76 Å². The van der Waals surface area contributed by atoms with E-state index in [4.69, 9.17) is 15.3 Å². The van der Waals surface area contributed by atoms with E-state index in [0.717, 1.165) is 6.42 Å². The number of aliphatic hydroxyl groups excluding tert-OH is 2. The molecule has 0 spiro atoms. The van der Waals surface area contributed by atoms with Crippen molar-refractivity contribution in [2.75, 3.05) is 0 Å². The Labute approximate surface area is 92.8 Å². The van der Waals surface area contributed by atoms with E-state index in [9.17, 15) is 0 Å². The van der Waals surface area contributed by atoms with Gasteiger partial charge in [0.1, 0.15) is 1.43 Å². The number of alkyl halides is 2. The molecule has 0 bridgehead atoms. The first-order valence-electron chi connectivity index (χ1n) is 3.11. The topological polar surface area (TPSA) is 60.7 Å². The van der Waals surface area contributed by atoms with Crippen LogP contribution in [0.3, 0.4) is 0 Å². The zero-order valence-electron chi connectivity index (χ0n) is 6.01. The predicted molar refractivity (Wildman–Crippen MR) is 60.6 cm³/mol. The van der Waals surface area contributed by atoms with E-state index in [1.54, 1.807) is 0 Å². The van der Waals surface area contributed by atoms with E-state index in [2.05, 4.69) is 0 Å². The van der Waals surface area contributed by atoms with Crippen LogP contribution in [0.15, 0.2) is 11.7 Å². The molecular formula is C6H10I2O3. The second-order valence-electron chi connectivity index (χ2n) is 2.13. The molecule has 66 valence electrons. The van der Waals surface area contributed by atoms with Crippen LogP contribution in [-0.4, -0.2) is 16.7 Å². The number of aliphatic hydroxyl groups is 3. The molecule has 0 rings (SSSR count). The molecule has 0 aromatic carbocycles. The highest BCUT2D eigenvalue weighted by molar-refractivity contribution is 14.2. The third-order valence-electron chi connectivity index (χ3n) is 1.12. The van der Waals surface area contributed by atoms with Crippen LogP contribution in [0, 0.1) is 0 Å². The molecule has 0 saturated carbocycles. The molecule has 0 aliphatic heterocycles. The van der Waals surface area contributed by atoms with Gasteiger partial charge in [-0.15, -0.1) is 0 Å². The lowest BCUT2D eigenvalue weighted by Gasteiger charge is -2.17. The van der Waals surface area contributed by atoms with Gasteiger partial charge in [-0.25, -0.2) is 0 Å². The van der Waals surface area contributed by atoms with Crippen LogP contribution in [0.2, 0.25) is 0 Å². The van der Waals surface area contributed by atoms with Gasteiger partial charge in [0.25, 0.3) is 0 Å². The largest absolute Gasteiger partial charge is 0.504 e. The summed E-state index contributed by atoms with van der Waals surface area (Å²) >= 11 is 3.95. The summed E-state index contributed by atoms with van der Waals surface area (Å²) in [5.74, 6) is -1.34. The maximum Gasteiger partial charge on any atom is 0.316 e. The van der Waals surface area contributed by atoms with Crippen LogP contribution in [0.5, 0.6) is 0 Å². The molecule has 0 fully saturated rings. The maximum absolute atomic E-state index is 9.15. The van der Waals surface area contributed by atoms with Crippen LogP contribution in [-0.2, 0) is 0 Å². The fourth-order valence-corrected chi connectivity index (χ4v) is 2.16. The Kier molecular flexibility index (Phi) is 4.83. The van der Waals surface area contributed by atoms with Gasteiger partial charge in [-0.1, -0.05) is 58.5 Å². The molecule has 0 unspecified atom stereocenters. The summed E-state index contributed by atoms with van der Waals surface area (Å²) in [5, 5.41) is 26.3. The van der Waals surface area contributed by atoms with Crippen molar-refractivity contribution in [1.82, 2.24) is 0 Å². The summed E-state index contributed by atoms with van der Waals surface area (Å²) in [7, 11) is 0. The molecular weight excluding hydrogens is 374 g/mol. The van der Waals surface area contributed by atoms with Gasteiger partial charge in [0.05, 0.1) is 0 Å². The van der Waals surface area contributed by atoms with Crippen molar-refractivity contribution in [3.05, 3.63) is 11.7 Å². The molecule has 5 heteroatoms. The summed E-state index contributed by atoms with van der Waals surface area (Å²) in [6.45, 7) is 1.97. The third kappa shape index (κ3) is 3.68. The highest BCUT2D eigenvalue weighted by Crippen LogP contribution is 2.39. The zero-order valence-corrected chi connectivity index (χ0v) is 10.3. The highest BCUT2D eigenvalue weighted by atomic mass is 127. The Morgan fingerprint density at radius 1 is 1.27 bits per heavy atom. The third-order valence-corrected chi connectivity index (χ3v) is 3.22. The van der Waals surface area contributed by atoms with Crippen LogP contribution >= 0.6 is 45.2 Å². The minimum absolute atomic E-state index is 0.361. The molecule has 0 aliphatic rings. The van der Waals surface area contributed by atoms with Gasteiger partial charge in [0.2, 0.25) is 0 Å². The van der Waals surface area contributed by atoms with E-state index in [0.29, 0.717) is 6.42 Å². The Balaban J connectivity index is 4.42. The minimum atomic E-state index is -0.984. The predicted octanol–water partition coefficient (Wildman–Crippen LogP) is 3.20. The van der Waals surface area contributed by atoms with Gasteiger partial charge < -0.3 is 15.3 Å². The highest BCUT2D eigenvalue weighted by Gasteiger charge is 2.30. The van der Waals surface area contributed by atoms with Gasteiger partial charge in [-0.3, -0.25) is 0 Å². The minimum Gasteiger partial charge on any atom is -0.504 e. The summed E-state index contributed by atoms with van der Waals surface area (Å²) in [4.78, 5) is 0. The lowest BCUT2D eigenvalue weighted by molar-refractivity contribution is 0.154. The molecule has 0 atom stereocenters. The molecule has 0 aliphatic carbocycles. The smallest absolute Gasteiger partial charge is 0.316 e. The molecule has 0 saturated heterocycles. The average Bonchev–Trinajstić information content (AvgIpc) is 1.86. The first kappa shape index (κ1) is 11.6. The number of rotatable bonds is 3. The SMILES string of the molecule is CCCC(I)(I)C(O)=C(O)O. The molecule has 3 nitrogen and oxygen atoms in total. The zero-order chi connectivity index (χ0) is 9.07. The van der Waals surface area contributed by atoms with Gasteiger partial charge in [0, 0.05) is 0 Å². The van der Waals surface area contributed by atoms with Gasteiger partial charge in [-0.2, -0.15) is 0 Å². The normalized spacial score (nSPS) is 11.2. The molecule has 0 amide bonds. The molecule has 11 heavy (non-hydrogen) atoms. The lowest BCUT2D eigenvalue weighted by Crippen LogP contribution is -2.16. The molecule has 0 radical (unpaired) electrons. The van der Waals surface area contributed by atoms with Crippen molar-refractivity contribution in [3.8, 4) is 0 Å². The van der Waals surface area contributed by atoms with Crippen molar-refractivity contribution >= 4 is 45.2 Å². The monoisotopic (exact) mass is 384 g/mol.